The first-order valence-corrected chi connectivity index (χ1v) is 11.4. The minimum absolute atomic E-state index is 0.844. The lowest BCUT2D eigenvalue weighted by Gasteiger charge is -2.15. The fraction of sp³-hybridized carbons (Fsp3) is 0. The van der Waals surface area contributed by atoms with Gasteiger partial charge in [0.2, 0.25) is 0 Å². The summed E-state index contributed by atoms with van der Waals surface area (Å²) in [5, 5.41) is 0. The zero-order chi connectivity index (χ0) is 22.7. The van der Waals surface area contributed by atoms with Crippen molar-refractivity contribution in [2.24, 2.45) is 9.98 Å². The van der Waals surface area contributed by atoms with Gasteiger partial charge in [0.15, 0.2) is 0 Å². The third-order valence-electron chi connectivity index (χ3n) is 6.05. The normalized spacial score (nSPS) is 12.5. The van der Waals surface area contributed by atoms with Crippen molar-refractivity contribution < 1.29 is 0 Å². The van der Waals surface area contributed by atoms with Crippen LogP contribution < -0.4 is 0 Å². The highest BCUT2D eigenvalue weighted by atomic mass is 14.8. The summed E-state index contributed by atoms with van der Waals surface area (Å²) in [7, 11) is 0. The van der Waals surface area contributed by atoms with E-state index in [0.29, 0.717) is 0 Å². The second-order valence-electron chi connectivity index (χ2n) is 8.30. The number of aliphatic imine (C=N–C) groups is 2. The Kier molecular flexibility index (Phi) is 5.17. The van der Waals surface area contributed by atoms with Crippen LogP contribution in [-0.2, 0) is 0 Å². The molecular weight excluding hydrogens is 412 g/mol. The van der Waals surface area contributed by atoms with Crippen molar-refractivity contribution in [2.75, 3.05) is 0 Å². The molecule has 2 nitrogen and oxygen atoms in total. The van der Waals surface area contributed by atoms with E-state index in [1.165, 1.54) is 0 Å². The topological polar surface area (TPSA) is 24.7 Å². The van der Waals surface area contributed by atoms with E-state index in [1.54, 1.807) is 0 Å². The van der Waals surface area contributed by atoms with E-state index < -0.39 is 0 Å². The second-order valence-corrected chi connectivity index (χ2v) is 8.30. The van der Waals surface area contributed by atoms with E-state index >= 15 is 0 Å². The fourth-order valence-electron chi connectivity index (χ4n) is 4.37. The summed E-state index contributed by atoms with van der Waals surface area (Å²) < 4.78 is 0. The molecule has 0 radical (unpaired) electrons. The maximum Gasteiger partial charge on any atom is 0.0894 e. The molecule has 0 saturated heterocycles. The number of para-hydroxylation sites is 2. The number of hydrogen-bond donors (Lipinski definition) is 0. The molecule has 0 N–H and O–H groups in total. The summed E-state index contributed by atoms with van der Waals surface area (Å²) in [6, 6.07) is 46.1. The standard InChI is InChI=1S/C32H22N2/c1-3-11-23(12-4-1)31-27-17-9-15-25(21-27)26-16-10-18-28(22-26)32(24-13-5-2-6-14-24)34-30-20-8-7-19-29(30)33-31/h1-22H. The van der Waals surface area contributed by atoms with E-state index in [9.17, 15) is 0 Å². The van der Waals surface area contributed by atoms with Crippen LogP contribution in [0.5, 0.6) is 0 Å². The van der Waals surface area contributed by atoms with Crippen molar-refractivity contribution in [3.05, 3.63) is 156 Å². The molecule has 1 aliphatic rings. The molecule has 0 unspecified atom stereocenters. The molecule has 160 valence electrons. The largest absolute Gasteiger partial charge is 0.246 e. The molecule has 0 spiro atoms. The summed E-state index contributed by atoms with van der Waals surface area (Å²) in [5.41, 5.74) is 10.2. The van der Waals surface area contributed by atoms with Gasteiger partial charge >= 0.3 is 0 Å². The lowest BCUT2D eigenvalue weighted by Crippen LogP contribution is -2.05. The van der Waals surface area contributed by atoms with Crippen LogP contribution in [0.4, 0.5) is 11.4 Å². The van der Waals surface area contributed by atoms with Crippen molar-refractivity contribution in [1.82, 2.24) is 0 Å². The van der Waals surface area contributed by atoms with Gasteiger partial charge in [-0.15, -0.1) is 0 Å². The molecule has 5 aromatic rings. The van der Waals surface area contributed by atoms with Crippen LogP contribution in [0.2, 0.25) is 0 Å². The van der Waals surface area contributed by atoms with Gasteiger partial charge in [-0.1, -0.05) is 109 Å². The molecular formula is C32H22N2. The molecule has 1 heterocycles. The smallest absolute Gasteiger partial charge is 0.0894 e. The van der Waals surface area contributed by atoms with Crippen LogP contribution in [0.3, 0.4) is 0 Å². The van der Waals surface area contributed by atoms with Crippen molar-refractivity contribution in [1.29, 1.82) is 0 Å². The second kappa shape index (κ2) is 8.76. The van der Waals surface area contributed by atoms with Crippen molar-refractivity contribution in [2.45, 2.75) is 0 Å². The maximum atomic E-state index is 5.19. The predicted octanol–water partition coefficient (Wildman–Crippen LogP) is 8.01. The first-order chi connectivity index (χ1) is 16.8. The number of nitrogens with zero attached hydrogens (tertiary/aromatic N) is 2. The molecule has 6 rings (SSSR count). The molecule has 4 bridgehead atoms. The molecule has 34 heavy (non-hydrogen) atoms. The summed E-state index contributed by atoms with van der Waals surface area (Å²) in [5.74, 6) is 0. The van der Waals surface area contributed by atoms with E-state index in [2.05, 4.69) is 97.1 Å². The number of hydrogen-bond acceptors (Lipinski definition) is 2. The Bertz CT molecular complexity index is 1410. The van der Waals surface area contributed by atoms with Crippen molar-refractivity contribution in [3.63, 3.8) is 0 Å². The van der Waals surface area contributed by atoms with E-state index in [4.69, 9.17) is 9.98 Å². The Morgan fingerprint density at radius 1 is 0.294 bits per heavy atom. The lowest BCUT2D eigenvalue weighted by molar-refractivity contribution is 1.41. The zero-order valence-corrected chi connectivity index (χ0v) is 18.6. The van der Waals surface area contributed by atoms with Crippen LogP contribution in [0.1, 0.15) is 22.3 Å². The van der Waals surface area contributed by atoms with Gasteiger partial charge in [-0.3, -0.25) is 0 Å². The molecule has 0 aliphatic carbocycles. The quantitative estimate of drug-likeness (QED) is 0.264. The Morgan fingerprint density at radius 3 is 1.09 bits per heavy atom. The van der Waals surface area contributed by atoms with Crippen LogP contribution >= 0.6 is 0 Å². The molecule has 0 atom stereocenters. The van der Waals surface area contributed by atoms with Crippen LogP contribution in [0.15, 0.2) is 143 Å². The van der Waals surface area contributed by atoms with Crippen molar-refractivity contribution in [3.8, 4) is 11.1 Å². The first-order valence-electron chi connectivity index (χ1n) is 11.4. The SMILES string of the molecule is c1ccc(C2=Nc3ccccc3N=C(c3ccccc3)c3cccc(c3)-c3cccc2c3)cc1. The fourth-order valence-corrected chi connectivity index (χ4v) is 4.37. The molecule has 1 aliphatic heterocycles. The molecule has 0 saturated carbocycles. The third kappa shape index (κ3) is 3.87. The van der Waals surface area contributed by atoms with Crippen molar-refractivity contribution >= 4 is 22.8 Å². The van der Waals surface area contributed by atoms with E-state index in [-0.39, 0.29) is 0 Å². The van der Waals surface area contributed by atoms with E-state index in [0.717, 1.165) is 56.2 Å². The highest BCUT2D eigenvalue weighted by Crippen LogP contribution is 2.33. The van der Waals surface area contributed by atoms with Gasteiger partial charge in [-0.25, -0.2) is 9.98 Å². The van der Waals surface area contributed by atoms with Gasteiger partial charge in [-0.2, -0.15) is 0 Å². The number of benzene rings is 5. The van der Waals surface area contributed by atoms with E-state index in [1.807, 2.05) is 36.4 Å². The monoisotopic (exact) mass is 434 g/mol. The van der Waals surface area contributed by atoms with Gasteiger partial charge in [0.25, 0.3) is 0 Å². The number of fused-ring (bicyclic) bond motifs is 6. The molecule has 0 amide bonds. The Hall–Kier alpha value is -4.56. The molecule has 0 fully saturated rings. The summed E-state index contributed by atoms with van der Waals surface area (Å²) in [4.78, 5) is 10.4. The Balaban J connectivity index is 1.69. The third-order valence-corrected chi connectivity index (χ3v) is 6.05. The lowest BCUT2D eigenvalue weighted by atomic mass is 9.94. The zero-order valence-electron chi connectivity index (χ0n) is 18.6. The van der Waals surface area contributed by atoms with Gasteiger partial charge in [0.1, 0.15) is 0 Å². The maximum absolute atomic E-state index is 5.19. The van der Waals surface area contributed by atoms with Crippen LogP contribution in [0, 0.1) is 0 Å². The predicted molar refractivity (Wildman–Crippen MR) is 142 cm³/mol. The minimum Gasteiger partial charge on any atom is -0.246 e. The molecule has 5 aromatic carbocycles. The van der Waals surface area contributed by atoms with Gasteiger partial charge < -0.3 is 0 Å². The van der Waals surface area contributed by atoms with Gasteiger partial charge in [0, 0.05) is 22.3 Å². The summed E-state index contributed by atoms with van der Waals surface area (Å²) in [6.07, 6.45) is 0. The summed E-state index contributed by atoms with van der Waals surface area (Å²) >= 11 is 0. The molecule has 2 heteroatoms. The highest BCUT2D eigenvalue weighted by Gasteiger charge is 2.14. The molecule has 0 aromatic heterocycles. The minimum atomic E-state index is 0.844. The Morgan fingerprint density at radius 2 is 0.647 bits per heavy atom. The average molecular weight is 435 g/mol. The van der Waals surface area contributed by atoms with Gasteiger partial charge in [-0.05, 0) is 35.4 Å². The highest BCUT2D eigenvalue weighted by molar-refractivity contribution is 6.16. The van der Waals surface area contributed by atoms with Crippen LogP contribution in [-0.4, -0.2) is 11.4 Å². The number of rotatable bonds is 2. The Labute approximate surface area is 199 Å². The first kappa shape index (κ1) is 20.1. The van der Waals surface area contributed by atoms with Gasteiger partial charge in [0.05, 0.1) is 22.8 Å². The summed E-state index contributed by atoms with van der Waals surface area (Å²) in [6.45, 7) is 0. The average Bonchev–Trinajstić information content (AvgIpc) is 2.92. The van der Waals surface area contributed by atoms with Crippen LogP contribution in [0.25, 0.3) is 11.1 Å².